The number of ketones is 1. The number of methoxy groups -OCH3 is 1. The smallest absolute Gasteiger partial charge is 0.295 e. The number of aromatic amines is 1. The lowest BCUT2D eigenvalue weighted by molar-refractivity contribution is -0.126. The highest BCUT2D eigenvalue weighted by atomic mass is 16.5. The Bertz CT molecular complexity index is 1840. The molecule has 0 radical (unpaired) electrons. The number of H-pyrrole nitrogens is 1. The Labute approximate surface area is 271 Å². The van der Waals surface area contributed by atoms with E-state index in [1.54, 1.807) is 0 Å². The van der Waals surface area contributed by atoms with Gasteiger partial charge in [0.1, 0.15) is 12.1 Å². The van der Waals surface area contributed by atoms with E-state index >= 15 is 0 Å². The van der Waals surface area contributed by atoms with Crippen molar-refractivity contribution in [1.82, 2.24) is 45.2 Å². The summed E-state index contributed by atoms with van der Waals surface area (Å²) in [5.41, 5.74) is 2.97. The third kappa shape index (κ3) is 6.76. The van der Waals surface area contributed by atoms with Crippen LogP contribution in [-0.4, -0.2) is 112 Å². The minimum Gasteiger partial charge on any atom is -0.494 e. The molecule has 0 spiro atoms. The van der Waals surface area contributed by atoms with Crippen LogP contribution in [0.4, 0.5) is 0 Å². The van der Waals surface area contributed by atoms with Gasteiger partial charge in [-0.05, 0) is 36.9 Å². The maximum atomic E-state index is 13.6. The number of hydrogen-bond donors (Lipinski definition) is 3. The van der Waals surface area contributed by atoms with Gasteiger partial charge in [0.2, 0.25) is 5.82 Å². The van der Waals surface area contributed by atoms with Gasteiger partial charge < -0.3 is 30.2 Å². The number of piperazine rings is 1. The number of aromatic nitrogens is 5. The highest BCUT2D eigenvalue weighted by Crippen LogP contribution is 2.32. The SMILES string of the molecule is COc1cnc(-n2cnc(C(=O)NCCCN3CCNCC3)n2)c2[nH]cc(C(=O)C(=O)N3CCC(=C(C#N)c4ccccc4)CC3)c12. The fourth-order valence-corrected chi connectivity index (χ4v) is 6.04. The number of pyridine rings is 1. The molecule has 4 aromatic rings. The number of piperidine rings is 1. The summed E-state index contributed by atoms with van der Waals surface area (Å²) in [7, 11) is 1.46. The molecule has 242 valence electrons. The summed E-state index contributed by atoms with van der Waals surface area (Å²) < 4.78 is 6.87. The first kappa shape index (κ1) is 31.6. The second-order valence-electron chi connectivity index (χ2n) is 11.4. The van der Waals surface area contributed by atoms with E-state index in [-0.39, 0.29) is 17.2 Å². The maximum Gasteiger partial charge on any atom is 0.295 e. The minimum atomic E-state index is -0.692. The van der Waals surface area contributed by atoms with Crippen LogP contribution in [0, 0.1) is 11.3 Å². The Hall–Kier alpha value is -5.39. The zero-order chi connectivity index (χ0) is 32.8. The van der Waals surface area contributed by atoms with Crippen LogP contribution in [0.1, 0.15) is 45.8 Å². The van der Waals surface area contributed by atoms with E-state index in [1.165, 1.54) is 35.4 Å². The third-order valence-corrected chi connectivity index (χ3v) is 8.55. The summed E-state index contributed by atoms with van der Waals surface area (Å²) in [4.78, 5) is 55.3. The van der Waals surface area contributed by atoms with Gasteiger partial charge in [-0.1, -0.05) is 30.3 Å². The molecule has 0 atom stereocenters. The largest absolute Gasteiger partial charge is 0.494 e. The highest BCUT2D eigenvalue weighted by Gasteiger charge is 2.30. The van der Waals surface area contributed by atoms with Crippen LogP contribution in [0.25, 0.3) is 22.3 Å². The molecule has 6 rings (SSSR count). The monoisotopic (exact) mass is 636 g/mol. The van der Waals surface area contributed by atoms with Gasteiger partial charge >= 0.3 is 0 Å². The number of amides is 2. The molecule has 3 N–H and O–H groups in total. The number of hydrogen-bond acceptors (Lipinski definition) is 10. The molecule has 3 aromatic heterocycles. The number of carbonyl (C=O) groups is 3. The Morgan fingerprint density at radius 1 is 1.06 bits per heavy atom. The molecule has 0 saturated carbocycles. The zero-order valence-electron chi connectivity index (χ0n) is 26.2. The highest BCUT2D eigenvalue weighted by molar-refractivity contribution is 6.45. The number of allylic oxidation sites excluding steroid dienone is 1. The molecule has 2 saturated heterocycles. The molecule has 2 amide bonds. The Morgan fingerprint density at radius 2 is 1.83 bits per heavy atom. The second-order valence-corrected chi connectivity index (χ2v) is 11.4. The van der Waals surface area contributed by atoms with Crippen molar-refractivity contribution in [3.63, 3.8) is 0 Å². The number of benzene rings is 1. The lowest BCUT2D eigenvalue weighted by Gasteiger charge is -2.28. The summed E-state index contributed by atoms with van der Waals surface area (Å²) in [5.74, 6) is -1.15. The Morgan fingerprint density at radius 3 is 2.55 bits per heavy atom. The number of carbonyl (C=O) groups excluding carboxylic acids is 3. The molecule has 2 aliphatic rings. The summed E-state index contributed by atoms with van der Waals surface area (Å²) >= 11 is 0. The van der Waals surface area contributed by atoms with Crippen LogP contribution >= 0.6 is 0 Å². The van der Waals surface area contributed by atoms with Crippen molar-refractivity contribution in [3.8, 4) is 17.6 Å². The van der Waals surface area contributed by atoms with Crippen molar-refractivity contribution >= 4 is 34.1 Å². The van der Waals surface area contributed by atoms with Crippen molar-refractivity contribution in [2.24, 2.45) is 0 Å². The Balaban J connectivity index is 1.15. The van der Waals surface area contributed by atoms with Crippen molar-refractivity contribution in [2.45, 2.75) is 19.3 Å². The van der Waals surface area contributed by atoms with E-state index < -0.39 is 17.6 Å². The average Bonchev–Trinajstić information content (AvgIpc) is 3.80. The van der Waals surface area contributed by atoms with Crippen LogP contribution in [0.5, 0.6) is 5.75 Å². The summed E-state index contributed by atoms with van der Waals surface area (Å²) in [5, 5.41) is 20.7. The van der Waals surface area contributed by atoms with E-state index in [4.69, 9.17) is 4.74 Å². The maximum absolute atomic E-state index is 13.6. The fraction of sp³-hybridized carbons (Fsp3) is 0.364. The third-order valence-electron chi connectivity index (χ3n) is 8.55. The van der Waals surface area contributed by atoms with Crippen molar-refractivity contribution < 1.29 is 19.1 Å². The van der Waals surface area contributed by atoms with E-state index in [1.807, 2.05) is 30.3 Å². The molecule has 47 heavy (non-hydrogen) atoms. The Kier molecular flexibility index (Phi) is 9.65. The lowest BCUT2D eigenvalue weighted by atomic mass is 9.93. The van der Waals surface area contributed by atoms with Gasteiger partial charge in [0, 0.05) is 52.0 Å². The first-order valence-corrected chi connectivity index (χ1v) is 15.7. The fourth-order valence-electron chi connectivity index (χ4n) is 6.04. The van der Waals surface area contributed by atoms with Gasteiger partial charge in [-0.2, -0.15) is 9.94 Å². The van der Waals surface area contributed by atoms with Crippen molar-refractivity contribution in [1.29, 1.82) is 5.26 Å². The molecule has 14 nitrogen and oxygen atoms in total. The van der Waals surface area contributed by atoms with Crippen LogP contribution in [0.2, 0.25) is 0 Å². The number of likely N-dealkylation sites (tertiary alicyclic amines) is 1. The number of nitriles is 1. The normalized spacial score (nSPS) is 15.3. The van der Waals surface area contributed by atoms with E-state index in [9.17, 15) is 19.6 Å². The molecule has 0 bridgehead atoms. The van der Waals surface area contributed by atoms with Crippen LogP contribution in [0.3, 0.4) is 0 Å². The zero-order valence-corrected chi connectivity index (χ0v) is 26.2. The molecule has 2 fully saturated rings. The van der Waals surface area contributed by atoms with E-state index in [0.717, 1.165) is 50.3 Å². The summed E-state index contributed by atoms with van der Waals surface area (Å²) in [6, 6.07) is 11.8. The van der Waals surface area contributed by atoms with Gasteiger partial charge in [0.25, 0.3) is 17.6 Å². The predicted molar refractivity (Wildman–Crippen MR) is 173 cm³/mol. The van der Waals surface area contributed by atoms with Gasteiger partial charge in [-0.15, -0.1) is 5.10 Å². The molecule has 14 heteroatoms. The number of fused-ring (bicyclic) bond motifs is 1. The number of ether oxygens (including phenoxy) is 1. The topological polar surface area (TPSA) is 174 Å². The molecule has 5 heterocycles. The van der Waals surface area contributed by atoms with Gasteiger partial charge in [0.05, 0.1) is 41.4 Å². The number of rotatable bonds is 10. The van der Waals surface area contributed by atoms with E-state index in [2.05, 4.69) is 41.7 Å². The van der Waals surface area contributed by atoms with Crippen LogP contribution in [0.15, 0.2) is 54.6 Å². The van der Waals surface area contributed by atoms with Gasteiger partial charge in [-0.3, -0.25) is 14.4 Å². The lowest BCUT2D eigenvalue weighted by Crippen LogP contribution is -2.44. The molecule has 0 aliphatic carbocycles. The van der Waals surface area contributed by atoms with Crippen LogP contribution in [-0.2, 0) is 4.79 Å². The predicted octanol–water partition coefficient (Wildman–Crippen LogP) is 1.96. The van der Waals surface area contributed by atoms with Crippen LogP contribution < -0.4 is 15.4 Å². The minimum absolute atomic E-state index is 0.0127. The first-order valence-electron chi connectivity index (χ1n) is 15.7. The standard InChI is InChI=1S/C33H36N10O4/c1-47-26-20-38-31(43-21-39-30(40-43)32(45)36-10-5-13-41-16-11-35-12-17-41)28-27(26)25(19-37-28)29(44)33(46)42-14-8-23(9-15-42)24(18-34)22-6-3-2-4-7-22/h2-4,6-7,19-21,35,37H,5,8-17H2,1H3,(H,36,45). The van der Waals surface area contributed by atoms with Crippen molar-refractivity contribution in [2.75, 3.05) is 59.5 Å². The molecular weight excluding hydrogens is 600 g/mol. The number of nitrogens with zero attached hydrogens (tertiary/aromatic N) is 7. The van der Waals surface area contributed by atoms with Gasteiger partial charge in [-0.25, -0.2) is 9.97 Å². The van der Waals surface area contributed by atoms with Gasteiger partial charge in [0.15, 0.2) is 5.82 Å². The molecule has 2 aliphatic heterocycles. The van der Waals surface area contributed by atoms with Crippen molar-refractivity contribution in [3.05, 3.63) is 71.6 Å². The summed E-state index contributed by atoms with van der Waals surface area (Å²) in [6.45, 7) is 6.00. The molecular formula is C33H36N10O4. The first-order chi connectivity index (χ1) is 23.0. The summed E-state index contributed by atoms with van der Waals surface area (Å²) in [6.07, 6.45) is 6.09. The average molecular weight is 637 g/mol. The number of nitrogens with one attached hydrogen (secondary N) is 3. The second kappa shape index (κ2) is 14.4. The molecule has 0 unspecified atom stereocenters. The molecule has 1 aromatic carbocycles. The van der Waals surface area contributed by atoms with E-state index in [0.29, 0.717) is 54.7 Å². The number of Topliss-reactive ketones (excluding diaryl/α,β-unsaturated/α-hetero) is 1. The quantitative estimate of drug-likeness (QED) is 0.101.